The summed E-state index contributed by atoms with van der Waals surface area (Å²) in [7, 11) is 0. The van der Waals surface area contributed by atoms with Crippen molar-refractivity contribution >= 4 is 35.1 Å². The number of rotatable bonds is 6. The van der Waals surface area contributed by atoms with Gasteiger partial charge in [-0.05, 0) is 48.6 Å². The molecule has 0 N–H and O–H groups in total. The third-order valence-electron chi connectivity index (χ3n) is 3.31. The topological polar surface area (TPSA) is 52.3 Å². The quantitative estimate of drug-likeness (QED) is 0.425. The first-order valence-corrected chi connectivity index (χ1v) is 8.17. The number of hydrogen-bond acceptors (Lipinski definition) is 4. The van der Waals surface area contributed by atoms with E-state index in [0.29, 0.717) is 32.9 Å². The monoisotopic (exact) mass is 373 g/mol. The van der Waals surface area contributed by atoms with E-state index in [-0.39, 0.29) is 12.4 Å². The average Bonchev–Trinajstić information content (AvgIpc) is 3.08. The fraction of sp³-hybridized carbons (Fsp3) is 0.0526. The van der Waals surface area contributed by atoms with Gasteiger partial charge >= 0.3 is 0 Å². The SMILES string of the molecule is O=C(/C=C/c1ccc(COc2c(Cl)cccc2Cl)o1)c1cccnc1. The lowest BCUT2D eigenvalue weighted by Crippen LogP contribution is -1.95. The van der Waals surface area contributed by atoms with E-state index in [9.17, 15) is 4.79 Å². The Morgan fingerprint density at radius 2 is 1.92 bits per heavy atom. The minimum atomic E-state index is -0.148. The molecule has 25 heavy (non-hydrogen) atoms. The predicted molar refractivity (Wildman–Crippen MR) is 97.1 cm³/mol. The van der Waals surface area contributed by atoms with Crippen LogP contribution in [0, 0.1) is 0 Å². The van der Waals surface area contributed by atoms with E-state index in [0.717, 1.165) is 0 Å². The molecule has 2 aromatic heterocycles. The van der Waals surface area contributed by atoms with Gasteiger partial charge in [-0.2, -0.15) is 0 Å². The summed E-state index contributed by atoms with van der Waals surface area (Å²) in [6.45, 7) is 0.174. The minimum Gasteiger partial charge on any atom is -0.483 e. The van der Waals surface area contributed by atoms with Gasteiger partial charge < -0.3 is 9.15 Å². The summed E-state index contributed by atoms with van der Waals surface area (Å²) < 4.78 is 11.2. The number of nitrogens with zero attached hydrogens (tertiary/aromatic N) is 1. The van der Waals surface area contributed by atoms with E-state index < -0.39 is 0 Å². The van der Waals surface area contributed by atoms with Crippen LogP contribution >= 0.6 is 23.2 Å². The van der Waals surface area contributed by atoms with Crippen molar-refractivity contribution in [3.8, 4) is 5.75 Å². The molecule has 2 heterocycles. The van der Waals surface area contributed by atoms with Crippen molar-refractivity contribution in [3.05, 3.63) is 88.1 Å². The molecule has 3 rings (SSSR count). The van der Waals surface area contributed by atoms with Crippen LogP contribution in [0.25, 0.3) is 6.08 Å². The Morgan fingerprint density at radius 3 is 2.64 bits per heavy atom. The van der Waals surface area contributed by atoms with Crippen LogP contribution in [0.1, 0.15) is 21.9 Å². The normalized spacial score (nSPS) is 11.0. The Morgan fingerprint density at radius 1 is 1.12 bits per heavy atom. The predicted octanol–water partition coefficient (Wildman–Crippen LogP) is 5.46. The molecule has 4 nitrogen and oxygen atoms in total. The molecule has 0 aliphatic rings. The van der Waals surface area contributed by atoms with Crippen molar-refractivity contribution in [1.29, 1.82) is 0 Å². The first-order valence-electron chi connectivity index (χ1n) is 7.41. The van der Waals surface area contributed by atoms with Gasteiger partial charge in [-0.15, -0.1) is 0 Å². The average molecular weight is 374 g/mol. The molecule has 0 amide bonds. The molecule has 6 heteroatoms. The van der Waals surface area contributed by atoms with E-state index in [1.807, 2.05) is 0 Å². The Bertz CT molecular complexity index is 884. The number of hydrogen-bond donors (Lipinski definition) is 0. The molecule has 0 saturated heterocycles. The van der Waals surface area contributed by atoms with Gasteiger partial charge in [-0.1, -0.05) is 29.3 Å². The van der Waals surface area contributed by atoms with Crippen LogP contribution in [-0.4, -0.2) is 10.8 Å². The number of pyridine rings is 1. The lowest BCUT2D eigenvalue weighted by atomic mass is 10.2. The highest BCUT2D eigenvalue weighted by Gasteiger charge is 2.08. The number of carbonyl (C=O) groups excluding carboxylic acids is 1. The molecule has 1 aromatic carbocycles. The van der Waals surface area contributed by atoms with Gasteiger partial charge in [-0.25, -0.2) is 0 Å². The number of allylic oxidation sites excluding steroid dienone is 1. The molecule has 0 saturated carbocycles. The van der Waals surface area contributed by atoms with Crippen LogP contribution < -0.4 is 4.74 Å². The van der Waals surface area contributed by atoms with Gasteiger partial charge in [0.2, 0.25) is 0 Å². The fourth-order valence-electron chi connectivity index (χ4n) is 2.09. The Hall–Kier alpha value is -2.56. The van der Waals surface area contributed by atoms with Crippen LogP contribution in [-0.2, 0) is 6.61 Å². The summed E-state index contributed by atoms with van der Waals surface area (Å²) >= 11 is 12.1. The molecule has 126 valence electrons. The van der Waals surface area contributed by atoms with Gasteiger partial charge in [0, 0.05) is 18.0 Å². The number of aromatic nitrogens is 1. The van der Waals surface area contributed by atoms with Crippen LogP contribution in [0.5, 0.6) is 5.75 Å². The van der Waals surface area contributed by atoms with Crippen LogP contribution in [0.4, 0.5) is 0 Å². The summed E-state index contributed by atoms with van der Waals surface area (Å²) in [4.78, 5) is 15.9. The highest BCUT2D eigenvalue weighted by molar-refractivity contribution is 6.37. The highest BCUT2D eigenvalue weighted by atomic mass is 35.5. The molecule has 0 bridgehead atoms. The summed E-state index contributed by atoms with van der Waals surface area (Å²) in [5, 5.41) is 0.863. The zero-order valence-electron chi connectivity index (χ0n) is 13.0. The molecule has 3 aromatic rings. The molecule has 0 spiro atoms. The molecule has 0 radical (unpaired) electrons. The van der Waals surface area contributed by atoms with E-state index in [1.54, 1.807) is 54.7 Å². The fourth-order valence-corrected chi connectivity index (χ4v) is 2.59. The number of furan rings is 1. The Labute approximate surface area is 154 Å². The summed E-state index contributed by atoms with van der Waals surface area (Å²) in [6, 6.07) is 12.1. The second kappa shape index (κ2) is 8.01. The second-order valence-corrected chi connectivity index (χ2v) is 5.90. The molecular formula is C19H13Cl2NO3. The molecule has 0 fully saturated rings. The standard InChI is InChI=1S/C19H13Cl2NO3/c20-16-4-1-5-17(21)19(16)24-12-15-7-6-14(25-15)8-9-18(23)13-3-2-10-22-11-13/h1-11H,12H2/b9-8+. The highest BCUT2D eigenvalue weighted by Crippen LogP contribution is 2.33. The van der Waals surface area contributed by atoms with Gasteiger partial charge in [0.15, 0.2) is 11.5 Å². The number of para-hydroxylation sites is 1. The summed E-state index contributed by atoms with van der Waals surface area (Å²) in [5.74, 6) is 1.39. The van der Waals surface area contributed by atoms with Crippen molar-refractivity contribution in [2.45, 2.75) is 6.61 Å². The van der Waals surface area contributed by atoms with Gasteiger partial charge in [-0.3, -0.25) is 9.78 Å². The summed E-state index contributed by atoms with van der Waals surface area (Å²) in [5.41, 5.74) is 0.516. The first kappa shape index (κ1) is 17.3. The van der Waals surface area contributed by atoms with Gasteiger partial charge in [0.05, 0.1) is 10.0 Å². The molecule has 0 unspecified atom stereocenters. The molecular weight excluding hydrogens is 361 g/mol. The van der Waals surface area contributed by atoms with E-state index in [2.05, 4.69) is 4.98 Å². The van der Waals surface area contributed by atoms with Crippen molar-refractivity contribution in [1.82, 2.24) is 4.98 Å². The van der Waals surface area contributed by atoms with E-state index in [4.69, 9.17) is 32.4 Å². The van der Waals surface area contributed by atoms with Crippen molar-refractivity contribution < 1.29 is 13.9 Å². The molecule has 0 aliphatic carbocycles. The number of benzene rings is 1. The van der Waals surface area contributed by atoms with Gasteiger partial charge in [0.25, 0.3) is 0 Å². The largest absolute Gasteiger partial charge is 0.483 e. The second-order valence-electron chi connectivity index (χ2n) is 5.08. The third-order valence-corrected chi connectivity index (χ3v) is 3.90. The third kappa shape index (κ3) is 4.50. The van der Waals surface area contributed by atoms with Crippen LogP contribution in [0.15, 0.2) is 65.4 Å². The number of halogens is 2. The number of ketones is 1. The maximum absolute atomic E-state index is 12.0. The maximum atomic E-state index is 12.0. The lowest BCUT2D eigenvalue weighted by molar-refractivity contribution is 0.104. The zero-order valence-corrected chi connectivity index (χ0v) is 14.5. The number of carbonyl (C=O) groups is 1. The van der Waals surface area contributed by atoms with E-state index >= 15 is 0 Å². The van der Waals surface area contributed by atoms with Crippen molar-refractivity contribution in [2.24, 2.45) is 0 Å². The maximum Gasteiger partial charge on any atom is 0.187 e. The Balaban J connectivity index is 1.63. The van der Waals surface area contributed by atoms with Crippen molar-refractivity contribution in [3.63, 3.8) is 0 Å². The Kier molecular flexibility index (Phi) is 5.53. The molecule has 0 atom stereocenters. The van der Waals surface area contributed by atoms with Crippen LogP contribution in [0.3, 0.4) is 0 Å². The van der Waals surface area contributed by atoms with E-state index in [1.165, 1.54) is 12.3 Å². The smallest absolute Gasteiger partial charge is 0.187 e. The minimum absolute atomic E-state index is 0.148. The van der Waals surface area contributed by atoms with Crippen LogP contribution in [0.2, 0.25) is 10.0 Å². The van der Waals surface area contributed by atoms with Gasteiger partial charge in [0.1, 0.15) is 18.1 Å². The first-order chi connectivity index (χ1) is 12.1. The lowest BCUT2D eigenvalue weighted by Gasteiger charge is -2.07. The van der Waals surface area contributed by atoms with Crippen molar-refractivity contribution in [2.75, 3.05) is 0 Å². The molecule has 0 aliphatic heterocycles. The zero-order chi connectivity index (χ0) is 17.6. The summed E-state index contributed by atoms with van der Waals surface area (Å²) in [6.07, 6.45) is 6.17. The number of ether oxygens (including phenoxy) is 1.